The molecule has 1 aliphatic rings. The van der Waals surface area contributed by atoms with Gasteiger partial charge in [0.25, 0.3) is 0 Å². The van der Waals surface area contributed by atoms with Gasteiger partial charge in [-0.2, -0.15) is 0 Å². The first kappa shape index (κ1) is 14.8. The molecule has 18 heavy (non-hydrogen) atoms. The Morgan fingerprint density at radius 2 is 2.00 bits per heavy atom. The summed E-state index contributed by atoms with van der Waals surface area (Å²) < 4.78 is 5.32. The van der Waals surface area contributed by atoms with Crippen molar-refractivity contribution in [3.63, 3.8) is 0 Å². The van der Waals surface area contributed by atoms with Crippen molar-refractivity contribution in [2.75, 3.05) is 19.7 Å². The average molecular weight is 257 g/mol. The van der Waals surface area contributed by atoms with Crippen LogP contribution in [0.25, 0.3) is 0 Å². The normalized spacial score (nSPS) is 24.8. The smallest absolute Gasteiger partial charge is 0.407 e. The molecular weight excluding hydrogens is 234 g/mol. The van der Waals surface area contributed by atoms with Gasteiger partial charge in [0.15, 0.2) is 0 Å². The van der Waals surface area contributed by atoms with Gasteiger partial charge in [0, 0.05) is 13.1 Å². The minimum Gasteiger partial charge on any atom is -0.465 e. The summed E-state index contributed by atoms with van der Waals surface area (Å²) in [5, 5.41) is 8.99. The van der Waals surface area contributed by atoms with Gasteiger partial charge in [0.2, 0.25) is 0 Å². The second-order valence-corrected chi connectivity index (χ2v) is 6.51. The molecule has 0 radical (unpaired) electrons. The first-order valence-electron chi connectivity index (χ1n) is 6.29. The summed E-state index contributed by atoms with van der Waals surface area (Å²) in [6.07, 6.45) is 0.414. The summed E-state index contributed by atoms with van der Waals surface area (Å²) in [5.74, 6) is -0.289. The fraction of sp³-hybridized carbons (Fsp3) is 0.846. The maximum atomic E-state index is 12.1. The molecule has 1 atom stereocenters. The highest BCUT2D eigenvalue weighted by Gasteiger charge is 2.41. The van der Waals surface area contributed by atoms with E-state index in [1.165, 1.54) is 4.90 Å². The van der Waals surface area contributed by atoms with Gasteiger partial charge in [-0.1, -0.05) is 20.8 Å². The van der Waals surface area contributed by atoms with Gasteiger partial charge < -0.3 is 14.7 Å². The second-order valence-electron chi connectivity index (χ2n) is 6.51. The Morgan fingerprint density at radius 1 is 1.39 bits per heavy atom. The Balaban J connectivity index is 2.62. The molecule has 1 saturated heterocycles. The Morgan fingerprint density at radius 3 is 2.50 bits per heavy atom. The number of hydrogen-bond donors (Lipinski definition) is 1. The number of ether oxygens (including phenoxy) is 1. The van der Waals surface area contributed by atoms with E-state index >= 15 is 0 Å². The number of nitrogens with zero attached hydrogens (tertiary/aromatic N) is 1. The summed E-state index contributed by atoms with van der Waals surface area (Å²) in [6, 6.07) is 0. The molecule has 1 rings (SSSR count). The Bertz CT molecular complexity index is 334. The van der Waals surface area contributed by atoms with Crippen molar-refractivity contribution in [2.45, 2.75) is 40.5 Å². The summed E-state index contributed by atoms with van der Waals surface area (Å²) in [4.78, 5) is 24.3. The van der Waals surface area contributed by atoms with Gasteiger partial charge in [0.1, 0.15) is 0 Å². The second kappa shape index (κ2) is 5.16. The molecule has 1 unspecified atom stereocenters. The van der Waals surface area contributed by atoms with Crippen molar-refractivity contribution in [3.8, 4) is 0 Å². The van der Waals surface area contributed by atoms with Crippen LogP contribution in [0.15, 0.2) is 0 Å². The van der Waals surface area contributed by atoms with Crippen LogP contribution in [0.2, 0.25) is 0 Å². The highest BCUT2D eigenvalue weighted by molar-refractivity contribution is 5.78. The third-order valence-corrected chi connectivity index (χ3v) is 3.10. The van der Waals surface area contributed by atoms with Crippen LogP contribution in [-0.2, 0) is 9.53 Å². The first-order valence-corrected chi connectivity index (χ1v) is 6.29. The number of hydrogen-bond acceptors (Lipinski definition) is 3. The minimum atomic E-state index is -0.968. The van der Waals surface area contributed by atoms with E-state index in [4.69, 9.17) is 9.84 Å². The Hall–Kier alpha value is -1.26. The predicted octanol–water partition coefficient (Wildman–Crippen LogP) is 2.36. The maximum absolute atomic E-state index is 12.1. The summed E-state index contributed by atoms with van der Waals surface area (Å²) >= 11 is 0. The van der Waals surface area contributed by atoms with E-state index < -0.39 is 11.5 Å². The van der Waals surface area contributed by atoms with E-state index in [0.29, 0.717) is 26.0 Å². The number of carbonyl (C=O) groups excluding carboxylic acids is 1. The number of amides is 1. The standard InChI is InChI=1S/C13H23NO4/c1-12(2,3)9-18-10(15)13(4)6-5-7-14(8-13)11(16)17/h5-9H2,1-4H3,(H,16,17). The minimum absolute atomic E-state index is 0.0762. The molecule has 1 amide bonds. The van der Waals surface area contributed by atoms with Gasteiger partial charge in [-0.05, 0) is 25.2 Å². The van der Waals surface area contributed by atoms with E-state index in [9.17, 15) is 9.59 Å². The van der Waals surface area contributed by atoms with Crippen molar-refractivity contribution in [3.05, 3.63) is 0 Å². The number of likely N-dealkylation sites (tertiary alicyclic amines) is 1. The van der Waals surface area contributed by atoms with Crippen LogP contribution in [0.3, 0.4) is 0 Å². The molecular formula is C13H23NO4. The highest BCUT2D eigenvalue weighted by atomic mass is 16.5. The highest BCUT2D eigenvalue weighted by Crippen LogP contribution is 2.31. The molecule has 0 saturated carbocycles. The van der Waals surface area contributed by atoms with Gasteiger partial charge in [-0.25, -0.2) is 4.79 Å². The van der Waals surface area contributed by atoms with Gasteiger partial charge in [-0.15, -0.1) is 0 Å². The van der Waals surface area contributed by atoms with Gasteiger partial charge >= 0.3 is 12.1 Å². The maximum Gasteiger partial charge on any atom is 0.407 e. The van der Waals surface area contributed by atoms with Crippen molar-refractivity contribution in [1.82, 2.24) is 4.90 Å². The SMILES string of the molecule is CC(C)(C)COC(=O)C1(C)CCCN(C(=O)O)C1. The molecule has 0 aromatic heterocycles. The molecule has 5 nitrogen and oxygen atoms in total. The molecule has 1 heterocycles. The lowest BCUT2D eigenvalue weighted by atomic mass is 9.82. The van der Waals surface area contributed by atoms with E-state index in [1.54, 1.807) is 6.92 Å². The van der Waals surface area contributed by atoms with E-state index in [0.717, 1.165) is 0 Å². The van der Waals surface area contributed by atoms with E-state index in [1.807, 2.05) is 20.8 Å². The number of carbonyl (C=O) groups is 2. The zero-order valence-corrected chi connectivity index (χ0v) is 11.7. The molecule has 104 valence electrons. The fourth-order valence-electron chi connectivity index (χ4n) is 2.03. The third-order valence-electron chi connectivity index (χ3n) is 3.10. The van der Waals surface area contributed by atoms with Crippen molar-refractivity contribution in [2.24, 2.45) is 10.8 Å². The van der Waals surface area contributed by atoms with Crippen LogP contribution in [0.4, 0.5) is 4.79 Å². The van der Waals surface area contributed by atoms with Gasteiger partial charge in [0.05, 0.1) is 12.0 Å². The Labute approximate surface area is 108 Å². The topological polar surface area (TPSA) is 66.8 Å². The largest absolute Gasteiger partial charge is 0.465 e. The summed E-state index contributed by atoms with van der Waals surface area (Å²) in [5.41, 5.74) is -0.783. The third kappa shape index (κ3) is 3.89. The van der Waals surface area contributed by atoms with Crippen LogP contribution >= 0.6 is 0 Å². The fourth-order valence-corrected chi connectivity index (χ4v) is 2.03. The quantitative estimate of drug-likeness (QED) is 0.771. The molecule has 5 heteroatoms. The predicted molar refractivity (Wildman–Crippen MR) is 67.4 cm³/mol. The molecule has 0 bridgehead atoms. The lowest BCUT2D eigenvalue weighted by Gasteiger charge is -2.37. The van der Waals surface area contributed by atoms with Crippen LogP contribution in [0.5, 0.6) is 0 Å². The van der Waals surface area contributed by atoms with E-state index in [-0.39, 0.29) is 17.9 Å². The number of carboxylic acid groups (broad SMARTS) is 1. The lowest BCUT2D eigenvalue weighted by molar-refractivity contribution is -0.160. The summed E-state index contributed by atoms with van der Waals surface area (Å²) in [7, 11) is 0. The molecule has 0 spiro atoms. The van der Waals surface area contributed by atoms with Gasteiger partial charge in [-0.3, -0.25) is 4.79 Å². The molecule has 0 aliphatic carbocycles. The average Bonchev–Trinajstić information content (AvgIpc) is 2.24. The number of piperidine rings is 1. The zero-order valence-electron chi connectivity index (χ0n) is 11.7. The Kier molecular flexibility index (Phi) is 4.24. The molecule has 0 aromatic rings. The molecule has 1 N–H and O–H groups in total. The van der Waals surface area contributed by atoms with Crippen LogP contribution in [-0.4, -0.2) is 41.8 Å². The van der Waals surface area contributed by atoms with Crippen LogP contribution < -0.4 is 0 Å². The van der Waals surface area contributed by atoms with Crippen LogP contribution in [0, 0.1) is 10.8 Å². The zero-order chi connectivity index (χ0) is 14.0. The molecule has 1 fully saturated rings. The van der Waals surface area contributed by atoms with Crippen LogP contribution in [0.1, 0.15) is 40.5 Å². The van der Waals surface area contributed by atoms with Crippen molar-refractivity contribution in [1.29, 1.82) is 0 Å². The molecule has 1 aliphatic heterocycles. The van der Waals surface area contributed by atoms with Crippen molar-refractivity contribution >= 4 is 12.1 Å². The summed E-state index contributed by atoms with van der Waals surface area (Å²) in [6.45, 7) is 8.84. The monoisotopic (exact) mass is 257 g/mol. The number of esters is 1. The number of rotatable bonds is 2. The lowest BCUT2D eigenvalue weighted by Crippen LogP contribution is -2.48. The van der Waals surface area contributed by atoms with Crippen molar-refractivity contribution < 1.29 is 19.4 Å². The molecule has 0 aromatic carbocycles. The first-order chi connectivity index (χ1) is 8.14. The van der Waals surface area contributed by atoms with E-state index in [2.05, 4.69) is 0 Å².